The maximum Gasteiger partial charge on any atom is 0.255 e. The molecule has 106 valence electrons. The Balaban J connectivity index is 2.15. The first-order chi connectivity index (χ1) is 10.0. The largest absolute Gasteiger partial charge is 0.399 e. The average molecular weight is 344 g/mol. The highest BCUT2D eigenvalue weighted by molar-refractivity contribution is 9.10. The van der Waals surface area contributed by atoms with Crippen LogP contribution in [0.3, 0.4) is 0 Å². The average Bonchev–Trinajstić information content (AvgIpc) is 2.49. The predicted octanol–water partition coefficient (Wildman–Crippen LogP) is 3.18. The molecule has 0 atom stereocenters. The summed E-state index contributed by atoms with van der Waals surface area (Å²) >= 11 is 3.36. The lowest BCUT2D eigenvalue weighted by atomic mass is 10.1. The maximum absolute atomic E-state index is 12.4. The molecule has 0 saturated heterocycles. The number of nitrogen functional groups attached to an aromatic ring is 1. The molecule has 0 saturated carbocycles. The van der Waals surface area contributed by atoms with Gasteiger partial charge in [0.05, 0.1) is 17.2 Å². The van der Waals surface area contributed by atoms with Crippen LogP contribution >= 0.6 is 15.9 Å². The second-order valence-corrected chi connectivity index (χ2v) is 5.56. The first kappa shape index (κ1) is 15.1. The SMILES string of the molecule is CN(Cc1ccc(C#N)cc1)C(=O)c1cc(N)ccc1Br. The highest BCUT2D eigenvalue weighted by Crippen LogP contribution is 2.21. The van der Waals surface area contributed by atoms with Crippen molar-refractivity contribution >= 4 is 27.5 Å². The van der Waals surface area contributed by atoms with Gasteiger partial charge in [-0.25, -0.2) is 0 Å². The van der Waals surface area contributed by atoms with Crippen molar-refractivity contribution in [2.24, 2.45) is 0 Å². The molecule has 2 rings (SSSR count). The Labute approximate surface area is 131 Å². The van der Waals surface area contributed by atoms with E-state index < -0.39 is 0 Å². The summed E-state index contributed by atoms with van der Waals surface area (Å²) in [7, 11) is 1.73. The van der Waals surface area contributed by atoms with Gasteiger partial charge in [0.2, 0.25) is 0 Å². The molecule has 21 heavy (non-hydrogen) atoms. The van der Waals surface area contributed by atoms with Gasteiger partial charge in [0.1, 0.15) is 0 Å². The van der Waals surface area contributed by atoms with E-state index in [-0.39, 0.29) is 5.91 Å². The molecule has 0 spiro atoms. The fourth-order valence-electron chi connectivity index (χ4n) is 1.94. The number of halogens is 1. The van der Waals surface area contributed by atoms with Gasteiger partial charge in [0, 0.05) is 23.8 Å². The van der Waals surface area contributed by atoms with Gasteiger partial charge in [-0.05, 0) is 51.8 Å². The normalized spacial score (nSPS) is 9.95. The first-order valence-corrected chi connectivity index (χ1v) is 7.10. The maximum atomic E-state index is 12.4. The van der Waals surface area contributed by atoms with Gasteiger partial charge in [0.25, 0.3) is 5.91 Å². The van der Waals surface area contributed by atoms with Crippen LogP contribution in [0.1, 0.15) is 21.5 Å². The number of hydrogen-bond acceptors (Lipinski definition) is 3. The molecule has 0 radical (unpaired) electrons. The molecule has 0 bridgehead atoms. The summed E-state index contributed by atoms with van der Waals surface area (Å²) in [5, 5.41) is 8.77. The number of carbonyl (C=O) groups is 1. The minimum Gasteiger partial charge on any atom is -0.399 e. The number of nitrogens with two attached hydrogens (primary N) is 1. The van der Waals surface area contributed by atoms with Crippen molar-refractivity contribution in [2.45, 2.75) is 6.54 Å². The van der Waals surface area contributed by atoms with Crippen molar-refractivity contribution in [1.82, 2.24) is 4.90 Å². The first-order valence-electron chi connectivity index (χ1n) is 6.31. The van der Waals surface area contributed by atoms with E-state index in [2.05, 4.69) is 22.0 Å². The minimum absolute atomic E-state index is 0.112. The molecular formula is C16H14BrN3O. The number of amides is 1. The zero-order valence-corrected chi connectivity index (χ0v) is 13.1. The Morgan fingerprint density at radius 3 is 2.57 bits per heavy atom. The Hall–Kier alpha value is -2.32. The van der Waals surface area contributed by atoms with E-state index in [0.717, 1.165) is 5.56 Å². The van der Waals surface area contributed by atoms with Crippen LogP contribution in [-0.2, 0) is 6.54 Å². The Bertz CT molecular complexity index is 704. The van der Waals surface area contributed by atoms with E-state index in [4.69, 9.17) is 11.0 Å². The lowest BCUT2D eigenvalue weighted by Gasteiger charge is -2.18. The molecule has 0 unspecified atom stereocenters. The van der Waals surface area contributed by atoms with E-state index in [1.807, 2.05) is 12.1 Å². The van der Waals surface area contributed by atoms with E-state index in [1.54, 1.807) is 42.3 Å². The number of carbonyl (C=O) groups excluding carboxylic acids is 1. The van der Waals surface area contributed by atoms with Crippen molar-refractivity contribution in [3.8, 4) is 6.07 Å². The smallest absolute Gasteiger partial charge is 0.255 e. The summed E-state index contributed by atoms with van der Waals surface area (Å²) in [4.78, 5) is 14.0. The fourth-order valence-corrected chi connectivity index (χ4v) is 2.36. The van der Waals surface area contributed by atoms with Crippen molar-refractivity contribution in [2.75, 3.05) is 12.8 Å². The van der Waals surface area contributed by atoms with Crippen LogP contribution in [-0.4, -0.2) is 17.9 Å². The second kappa shape index (κ2) is 6.42. The zero-order valence-electron chi connectivity index (χ0n) is 11.5. The summed E-state index contributed by atoms with van der Waals surface area (Å²) in [6.07, 6.45) is 0. The summed E-state index contributed by atoms with van der Waals surface area (Å²) in [5.74, 6) is -0.112. The molecule has 2 aromatic rings. The summed E-state index contributed by atoms with van der Waals surface area (Å²) in [6.45, 7) is 0.464. The molecule has 0 heterocycles. The molecule has 0 aliphatic heterocycles. The highest BCUT2D eigenvalue weighted by Gasteiger charge is 2.15. The monoisotopic (exact) mass is 343 g/mol. The third-order valence-corrected chi connectivity index (χ3v) is 3.76. The Morgan fingerprint density at radius 1 is 1.29 bits per heavy atom. The van der Waals surface area contributed by atoms with Gasteiger partial charge in [-0.2, -0.15) is 5.26 Å². The van der Waals surface area contributed by atoms with E-state index in [9.17, 15) is 4.79 Å². The molecule has 0 fully saturated rings. The topological polar surface area (TPSA) is 70.1 Å². The van der Waals surface area contributed by atoms with Crippen LogP contribution < -0.4 is 5.73 Å². The highest BCUT2D eigenvalue weighted by atomic mass is 79.9. The minimum atomic E-state index is -0.112. The lowest BCUT2D eigenvalue weighted by Crippen LogP contribution is -2.26. The molecule has 1 amide bonds. The van der Waals surface area contributed by atoms with Crippen LogP contribution in [0.15, 0.2) is 46.9 Å². The Kier molecular flexibility index (Phi) is 4.61. The van der Waals surface area contributed by atoms with Gasteiger partial charge in [-0.3, -0.25) is 4.79 Å². The fraction of sp³-hybridized carbons (Fsp3) is 0.125. The second-order valence-electron chi connectivity index (χ2n) is 4.71. The van der Waals surface area contributed by atoms with E-state index >= 15 is 0 Å². The number of benzene rings is 2. The molecule has 2 aromatic carbocycles. The molecular weight excluding hydrogens is 330 g/mol. The Morgan fingerprint density at radius 2 is 1.95 bits per heavy atom. The summed E-state index contributed by atoms with van der Waals surface area (Å²) in [6, 6.07) is 14.4. The van der Waals surface area contributed by atoms with Crippen molar-refractivity contribution in [1.29, 1.82) is 5.26 Å². The van der Waals surface area contributed by atoms with Gasteiger partial charge < -0.3 is 10.6 Å². The summed E-state index contributed by atoms with van der Waals surface area (Å²) < 4.78 is 0.716. The third kappa shape index (κ3) is 3.61. The van der Waals surface area contributed by atoms with Crippen molar-refractivity contribution in [3.63, 3.8) is 0 Å². The van der Waals surface area contributed by atoms with Crippen molar-refractivity contribution < 1.29 is 4.79 Å². The number of nitriles is 1. The van der Waals surface area contributed by atoms with E-state index in [1.165, 1.54) is 0 Å². The number of rotatable bonds is 3. The molecule has 5 heteroatoms. The third-order valence-electron chi connectivity index (χ3n) is 3.07. The van der Waals surface area contributed by atoms with E-state index in [0.29, 0.717) is 27.8 Å². The van der Waals surface area contributed by atoms with Crippen LogP contribution in [0.25, 0.3) is 0 Å². The van der Waals surface area contributed by atoms with Crippen LogP contribution in [0.4, 0.5) is 5.69 Å². The van der Waals surface area contributed by atoms with Gasteiger partial charge in [0.15, 0.2) is 0 Å². The molecule has 0 aromatic heterocycles. The quantitative estimate of drug-likeness (QED) is 0.870. The number of anilines is 1. The molecule has 2 N–H and O–H groups in total. The number of nitrogens with zero attached hydrogens (tertiary/aromatic N) is 2. The molecule has 0 aliphatic carbocycles. The van der Waals surface area contributed by atoms with Gasteiger partial charge in [-0.1, -0.05) is 12.1 Å². The van der Waals surface area contributed by atoms with Crippen LogP contribution in [0.5, 0.6) is 0 Å². The zero-order chi connectivity index (χ0) is 15.4. The van der Waals surface area contributed by atoms with Crippen LogP contribution in [0.2, 0.25) is 0 Å². The molecule has 0 aliphatic rings. The summed E-state index contributed by atoms with van der Waals surface area (Å²) in [5.41, 5.74) is 8.38. The van der Waals surface area contributed by atoms with Gasteiger partial charge in [-0.15, -0.1) is 0 Å². The standard InChI is InChI=1S/C16H14BrN3O/c1-20(10-12-4-2-11(9-18)3-5-12)16(21)14-8-13(19)6-7-15(14)17/h2-8H,10,19H2,1H3. The van der Waals surface area contributed by atoms with Gasteiger partial charge >= 0.3 is 0 Å². The number of hydrogen-bond donors (Lipinski definition) is 1. The van der Waals surface area contributed by atoms with Crippen molar-refractivity contribution in [3.05, 3.63) is 63.6 Å². The predicted molar refractivity (Wildman–Crippen MR) is 85.5 cm³/mol. The lowest BCUT2D eigenvalue weighted by molar-refractivity contribution is 0.0784. The van der Waals surface area contributed by atoms with Crippen LogP contribution in [0, 0.1) is 11.3 Å². The molecule has 4 nitrogen and oxygen atoms in total.